The lowest BCUT2D eigenvalue weighted by molar-refractivity contribution is 0.415. The third-order valence-electron chi connectivity index (χ3n) is 3.66. The highest BCUT2D eigenvalue weighted by Gasteiger charge is 2.11. The van der Waals surface area contributed by atoms with Gasteiger partial charge in [-0.1, -0.05) is 49.4 Å². The molecule has 4 heteroatoms. The molecule has 0 unspecified atom stereocenters. The molecule has 0 spiro atoms. The van der Waals surface area contributed by atoms with Crippen LogP contribution in [0.1, 0.15) is 25.3 Å². The van der Waals surface area contributed by atoms with Gasteiger partial charge in [0.25, 0.3) is 0 Å². The number of rotatable bonds is 4. The Labute approximate surface area is 130 Å². The molecule has 0 aliphatic rings. The summed E-state index contributed by atoms with van der Waals surface area (Å²) in [4.78, 5) is 0. The van der Waals surface area contributed by atoms with E-state index in [1.165, 1.54) is 5.56 Å². The van der Waals surface area contributed by atoms with Gasteiger partial charge in [-0.25, -0.2) is 4.68 Å². The summed E-state index contributed by atoms with van der Waals surface area (Å²) >= 11 is 0. The highest BCUT2D eigenvalue weighted by molar-refractivity contribution is 5.60. The number of ether oxygens (including phenoxy) is 1. The third kappa shape index (κ3) is 2.72. The first kappa shape index (κ1) is 14.3. The van der Waals surface area contributed by atoms with Crippen LogP contribution in [0, 0.1) is 0 Å². The molecule has 3 aromatic rings. The van der Waals surface area contributed by atoms with Crippen LogP contribution < -0.4 is 4.74 Å². The minimum absolute atomic E-state index is 0.431. The van der Waals surface area contributed by atoms with Gasteiger partial charge in [0, 0.05) is 5.56 Å². The summed E-state index contributed by atoms with van der Waals surface area (Å²) in [7, 11) is 1.66. The van der Waals surface area contributed by atoms with E-state index in [1.54, 1.807) is 7.11 Å². The molecule has 0 saturated heterocycles. The first-order valence-corrected chi connectivity index (χ1v) is 7.35. The van der Waals surface area contributed by atoms with Gasteiger partial charge in [0.1, 0.15) is 11.4 Å². The van der Waals surface area contributed by atoms with Crippen LogP contribution in [0.3, 0.4) is 0 Å². The van der Waals surface area contributed by atoms with Gasteiger partial charge in [-0.2, -0.15) is 0 Å². The van der Waals surface area contributed by atoms with Crippen molar-refractivity contribution in [3.63, 3.8) is 0 Å². The SMILES string of the molecule is COc1cccc(-c2cn(-c3ccccc3C(C)C)nn2)c1. The first-order chi connectivity index (χ1) is 10.7. The second-order valence-electron chi connectivity index (χ2n) is 5.49. The normalized spacial score (nSPS) is 10.9. The van der Waals surface area contributed by atoms with Crippen molar-refractivity contribution in [2.75, 3.05) is 7.11 Å². The van der Waals surface area contributed by atoms with Crippen molar-refractivity contribution in [2.24, 2.45) is 0 Å². The molecular weight excluding hydrogens is 274 g/mol. The topological polar surface area (TPSA) is 39.9 Å². The highest BCUT2D eigenvalue weighted by Crippen LogP contribution is 2.25. The van der Waals surface area contributed by atoms with Crippen molar-refractivity contribution in [1.29, 1.82) is 0 Å². The summed E-state index contributed by atoms with van der Waals surface area (Å²) in [6.45, 7) is 4.36. The molecule has 0 aliphatic heterocycles. The lowest BCUT2D eigenvalue weighted by atomic mass is 10.0. The molecule has 112 valence electrons. The Bertz CT molecular complexity index is 777. The summed E-state index contributed by atoms with van der Waals surface area (Å²) in [6.07, 6.45) is 1.95. The van der Waals surface area contributed by atoms with Crippen molar-refractivity contribution >= 4 is 0 Å². The molecule has 1 aromatic heterocycles. The highest BCUT2D eigenvalue weighted by atomic mass is 16.5. The van der Waals surface area contributed by atoms with Crippen LogP contribution in [-0.2, 0) is 0 Å². The van der Waals surface area contributed by atoms with Crippen LogP contribution in [0.25, 0.3) is 16.9 Å². The number of nitrogens with zero attached hydrogens (tertiary/aromatic N) is 3. The lowest BCUT2D eigenvalue weighted by Crippen LogP contribution is -2.01. The standard InChI is InChI=1S/C18H19N3O/c1-13(2)16-9-4-5-10-18(16)21-12-17(19-20-21)14-7-6-8-15(11-14)22-3/h4-13H,1-3H3. The van der Waals surface area contributed by atoms with E-state index in [9.17, 15) is 0 Å². The largest absolute Gasteiger partial charge is 0.497 e. The number of hydrogen-bond acceptors (Lipinski definition) is 3. The minimum Gasteiger partial charge on any atom is -0.497 e. The Hall–Kier alpha value is -2.62. The molecule has 0 amide bonds. The van der Waals surface area contributed by atoms with E-state index in [1.807, 2.05) is 41.2 Å². The molecular formula is C18H19N3O. The molecule has 0 atom stereocenters. The van der Waals surface area contributed by atoms with Gasteiger partial charge >= 0.3 is 0 Å². The average molecular weight is 293 g/mol. The number of hydrogen-bond donors (Lipinski definition) is 0. The molecule has 0 aliphatic carbocycles. The first-order valence-electron chi connectivity index (χ1n) is 7.35. The van der Waals surface area contributed by atoms with Gasteiger partial charge < -0.3 is 4.74 Å². The van der Waals surface area contributed by atoms with E-state index in [0.717, 1.165) is 22.7 Å². The second-order valence-corrected chi connectivity index (χ2v) is 5.49. The van der Waals surface area contributed by atoms with Crippen molar-refractivity contribution < 1.29 is 4.74 Å². The van der Waals surface area contributed by atoms with Crippen LogP contribution >= 0.6 is 0 Å². The van der Waals surface area contributed by atoms with Crippen LogP contribution in [0.2, 0.25) is 0 Å². The number of benzene rings is 2. The Morgan fingerprint density at radius 2 is 1.86 bits per heavy atom. The second kappa shape index (κ2) is 6.02. The van der Waals surface area contributed by atoms with Gasteiger partial charge in [0.2, 0.25) is 0 Å². The molecule has 0 fully saturated rings. The summed E-state index contributed by atoms with van der Waals surface area (Å²) in [5, 5.41) is 8.58. The maximum absolute atomic E-state index is 5.26. The predicted molar refractivity (Wildman–Crippen MR) is 87.4 cm³/mol. The smallest absolute Gasteiger partial charge is 0.119 e. The van der Waals surface area contributed by atoms with Crippen molar-refractivity contribution in [3.8, 4) is 22.7 Å². The van der Waals surface area contributed by atoms with Crippen molar-refractivity contribution in [3.05, 3.63) is 60.3 Å². The molecule has 1 heterocycles. The Balaban J connectivity index is 2.01. The summed E-state index contributed by atoms with van der Waals surface area (Å²) in [5.41, 5.74) is 4.15. The fraction of sp³-hybridized carbons (Fsp3) is 0.222. The summed E-state index contributed by atoms with van der Waals surface area (Å²) in [5.74, 6) is 1.25. The molecule has 0 radical (unpaired) electrons. The molecule has 0 saturated carbocycles. The number of para-hydroxylation sites is 1. The fourth-order valence-electron chi connectivity index (χ4n) is 2.48. The number of aromatic nitrogens is 3. The molecule has 0 bridgehead atoms. The zero-order valence-corrected chi connectivity index (χ0v) is 13.0. The minimum atomic E-state index is 0.431. The maximum atomic E-state index is 5.26. The van der Waals surface area contributed by atoms with Gasteiger partial charge in [0.05, 0.1) is 19.0 Å². The fourth-order valence-corrected chi connectivity index (χ4v) is 2.48. The van der Waals surface area contributed by atoms with Gasteiger partial charge in [-0.15, -0.1) is 5.10 Å². The molecule has 3 rings (SSSR count). The van der Waals surface area contributed by atoms with Crippen LogP contribution in [0.5, 0.6) is 5.75 Å². The Morgan fingerprint density at radius 3 is 2.64 bits per heavy atom. The maximum Gasteiger partial charge on any atom is 0.119 e. The number of methoxy groups -OCH3 is 1. The van der Waals surface area contributed by atoms with Crippen LogP contribution in [0.15, 0.2) is 54.7 Å². The van der Waals surface area contributed by atoms with E-state index in [2.05, 4.69) is 42.4 Å². The summed E-state index contributed by atoms with van der Waals surface area (Å²) < 4.78 is 7.10. The van der Waals surface area contributed by atoms with Crippen LogP contribution in [-0.4, -0.2) is 22.1 Å². The van der Waals surface area contributed by atoms with Gasteiger partial charge in [-0.3, -0.25) is 0 Å². The Kier molecular flexibility index (Phi) is 3.92. The van der Waals surface area contributed by atoms with Crippen molar-refractivity contribution in [1.82, 2.24) is 15.0 Å². The van der Waals surface area contributed by atoms with E-state index >= 15 is 0 Å². The average Bonchev–Trinajstić information content (AvgIpc) is 3.05. The van der Waals surface area contributed by atoms with E-state index in [-0.39, 0.29) is 0 Å². The molecule has 22 heavy (non-hydrogen) atoms. The zero-order chi connectivity index (χ0) is 15.5. The van der Waals surface area contributed by atoms with Gasteiger partial charge in [0.15, 0.2) is 0 Å². The van der Waals surface area contributed by atoms with E-state index < -0.39 is 0 Å². The van der Waals surface area contributed by atoms with Gasteiger partial charge in [-0.05, 0) is 29.7 Å². The summed E-state index contributed by atoms with van der Waals surface area (Å²) in [6, 6.07) is 16.1. The van der Waals surface area contributed by atoms with Crippen molar-refractivity contribution in [2.45, 2.75) is 19.8 Å². The Morgan fingerprint density at radius 1 is 1.05 bits per heavy atom. The molecule has 4 nitrogen and oxygen atoms in total. The molecule has 0 N–H and O–H groups in total. The predicted octanol–water partition coefficient (Wildman–Crippen LogP) is 4.07. The monoisotopic (exact) mass is 293 g/mol. The van der Waals surface area contributed by atoms with Crippen LogP contribution in [0.4, 0.5) is 0 Å². The van der Waals surface area contributed by atoms with E-state index in [4.69, 9.17) is 4.74 Å². The molecule has 2 aromatic carbocycles. The third-order valence-corrected chi connectivity index (χ3v) is 3.66. The quantitative estimate of drug-likeness (QED) is 0.728. The lowest BCUT2D eigenvalue weighted by Gasteiger charge is -2.11. The zero-order valence-electron chi connectivity index (χ0n) is 13.0. The van der Waals surface area contributed by atoms with E-state index in [0.29, 0.717) is 5.92 Å².